The Morgan fingerprint density at radius 2 is 1.39 bits per heavy atom. The van der Waals surface area contributed by atoms with Crippen molar-refractivity contribution in [1.29, 1.82) is 0 Å². The molecule has 0 aliphatic carbocycles. The number of carbonyl (C=O) groups is 1. The first-order chi connectivity index (χ1) is 11.1. The van der Waals surface area contributed by atoms with Gasteiger partial charge < -0.3 is 5.73 Å². The molecule has 0 radical (unpaired) electrons. The number of carbonyl (C=O) groups excluding carboxylic acids is 1. The van der Waals surface area contributed by atoms with Gasteiger partial charge in [-0.2, -0.15) is 0 Å². The molecule has 2 aromatic carbocycles. The lowest BCUT2D eigenvalue weighted by atomic mass is 9.90. The summed E-state index contributed by atoms with van der Waals surface area (Å²) in [5, 5.41) is 1.32. The standard InChI is InChI=1S/C18H13Cl2NOS/c19-13-7-3-1-5-11(13)17(12-6-2-4-8-14(12)20)15-9-10-16(23-15)18(21)22/h1-10,17H,(H2,21,22). The molecule has 0 fully saturated rings. The largest absolute Gasteiger partial charge is 0.365 e. The van der Waals surface area contributed by atoms with Crippen molar-refractivity contribution in [2.45, 2.75) is 5.92 Å². The third-order valence-corrected chi connectivity index (χ3v) is 5.44. The molecule has 0 saturated carbocycles. The van der Waals surface area contributed by atoms with E-state index in [4.69, 9.17) is 28.9 Å². The fourth-order valence-corrected chi connectivity index (χ4v) is 4.02. The lowest BCUT2D eigenvalue weighted by Gasteiger charge is -2.19. The smallest absolute Gasteiger partial charge is 0.258 e. The molecule has 0 bridgehead atoms. The first-order valence-electron chi connectivity index (χ1n) is 6.96. The number of hydrogen-bond donors (Lipinski definition) is 1. The van der Waals surface area contributed by atoms with Crippen molar-refractivity contribution < 1.29 is 4.79 Å². The van der Waals surface area contributed by atoms with Crippen molar-refractivity contribution in [2.24, 2.45) is 5.73 Å². The van der Waals surface area contributed by atoms with Crippen molar-refractivity contribution in [2.75, 3.05) is 0 Å². The van der Waals surface area contributed by atoms with Crippen LogP contribution >= 0.6 is 34.5 Å². The summed E-state index contributed by atoms with van der Waals surface area (Å²) >= 11 is 14.2. The molecule has 5 heteroatoms. The van der Waals surface area contributed by atoms with Gasteiger partial charge in [-0.05, 0) is 35.4 Å². The van der Waals surface area contributed by atoms with Crippen molar-refractivity contribution in [3.8, 4) is 0 Å². The predicted octanol–water partition coefficient (Wildman–Crippen LogP) is 5.33. The Labute approximate surface area is 148 Å². The van der Waals surface area contributed by atoms with Crippen LogP contribution in [0.3, 0.4) is 0 Å². The van der Waals surface area contributed by atoms with Crippen molar-refractivity contribution in [1.82, 2.24) is 0 Å². The van der Waals surface area contributed by atoms with E-state index in [1.807, 2.05) is 54.6 Å². The third-order valence-electron chi connectivity index (χ3n) is 3.59. The maximum atomic E-state index is 11.4. The Hall–Kier alpha value is -1.81. The van der Waals surface area contributed by atoms with Gasteiger partial charge in [0, 0.05) is 20.8 Å². The molecule has 0 spiro atoms. The molecule has 0 saturated heterocycles. The maximum absolute atomic E-state index is 11.4. The molecule has 0 atom stereocenters. The van der Waals surface area contributed by atoms with Crippen LogP contribution in [-0.2, 0) is 0 Å². The Morgan fingerprint density at radius 3 is 1.83 bits per heavy atom. The maximum Gasteiger partial charge on any atom is 0.258 e. The molecule has 0 aliphatic rings. The van der Waals surface area contributed by atoms with E-state index in [-0.39, 0.29) is 5.92 Å². The molecular weight excluding hydrogens is 349 g/mol. The average Bonchev–Trinajstić information content (AvgIpc) is 3.01. The Balaban J connectivity index is 2.20. The van der Waals surface area contributed by atoms with Crippen LogP contribution < -0.4 is 5.73 Å². The molecule has 0 unspecified atom stereocenters. The van der Waals surface area contributed by atoms with E-state index in [0.29, 0.717) is 14.9 Å². The molecule has 3 aromatic rings. The van der Waals surface area contributed by atoms with E-state index in [9.17, 15) is 4.79 Å². The highest BCUT2D eigenvalue weighted by molar-refractivity contribution is 7.14. The minimum absolute atomic E-state index is 0.143. The van der Waals surface area contributed by atoms with Crippen LogP contribution in [0, 0.1) is 0 Å². The van der Waals surface area contributed by atoms with Gasteiger partial charge in [0.2, 0.25) is 0 Å². The van der Waals surface area contributed by atoms with Crippen molar-refractivity contribution >= 4 is 40.4 Å². The fraction of sp³-hybridized carbons (Fsp3) is 0.0556. The zero-order chi connectivity index (χ0) is 16.4. The lowest BCUT2D eigenvalue weighted by molar-refractivity contribution is 0.100. The SMILES string of the molecule is NC(=O)c1ccc(C(c2ccccc2Cl)c2ccccc2Cl)s1. The number of benzene rings is 2. The topological polar surface area (TPSA) is 43.1 Å². The molecule has 1 amide bonds. The predicted molar refractivity (Wildman–Crippen MR) is 96.7 cm³/mol. The molecule has 3 rings (SSSR count). The summed E-state index contributed by atoms with van der Waals surface area (Å²) in [5.41, 5.74) is 7.27. The van der Waals surface area contributed by atoms with Gasteiger partial charge in [0.1, 0.15) is 0 Å². The van der Waals surface area contributed by atoms with Gasteiger partial charge in [-0.1, -0.05) is 59.6 Å². The molecule has 0 aliphatic heterocycles. The summed E-state index contributed by atoms with van der Waals surface area (Å²) in [4.78, 5) is 12.9. The highest BCUT2D eigenvalue weighted by Crippen LogP contribution is 2.41. The van der Waals surface area contributed by atoms with Crippen LogP contribution in [0.15, 0.2) is 60.7 Å². The average molecular weight is 362 g/mol. The molecular formula is C18H13Cl2NOS. The minimum Gasteiger partial charge on any atom is -0.365 e. The first kappa shape index (κ1) is 16.1. The van der Waals surface area contributed by atoms with Crippen LogP contribution in [-0.4, -0.2) is 5.91 Å². The summed E-state index contributed by atoms with van der Waals surface area (Å²) in [6.45, 7) is 0. The minimum atomic E-state index is -0.432. The Morgan fingerprint density at radius 1 is 0.870 bits per heavy atom. The molecule has 116 valence electrons. The number of nitrogens with two attached hydrogens (primary N) is 1. The van der Waals surface area contributed by atoms with Crippen LogP contribution in [0.4, 0.5) is 0 Å². The molecule has 23 heavy (non-hydrogen) atoms. The highest BCUT2D eigenvalue weighted by Gasteiger charge is 2.23. The van der Waals surface area contributed by atoms with Gasteiger partial charge in [-0.3, -0.25) is 4.79 Å². The van der Waals surface area contributed by atoms with Gasteiger partial charge in [-0.25, -0.2) is 0 Å². The Bertz CT molecular complexity index is 814. The zero-order valence-corrected chi connectivity index (χ0v) is 14.3. The van der Waals surface area contributed by atoms with Gasteiger partial charge in [0.05, 0.1) is 4.88 Å². The second-order valence-electron chi connectivity index (χ2n) is 5.04. The van der Waals surface area contributed by atoms with Crippen LogP contribution in [0.2, 0.25) is 10.0 Å². The number of hydrogen-bond acceptors (Lipinski definition) is 2. The number of rotatable bonds is 4. The number of amides is 1. The molecule has 2 N–H and O–H groups in total. The van der Waals surface area contributed by atoms with E-state index >= 15 is 0 Å². The highest BCUT2D eigenvalue weighted by atomic mass is 35.5. The van der Waals surface area contributed by atoms with Gasteiger partial charge >= 0.3 is 0 Å². The van der Waals surface area contributed by atoms with E-state index in [0.717, 1.165) is 16.0 Å². The van der Waals surface area contributed by atoms with E-state index < -0.39 is 5.91 Å². The number of thiophene rings is 1. The van der Waals surface area contributed by atoms with Gasteiger partial charge in [0.15, 0.2) is 0 Å². The number of primary amides is 1. The molecule has 1 aromatic heterocycles. The van der Waals surface area contributed by atoms with Crippen LogP contribution in [0.1, 0.15) is 31.6 Å². The van der Waals surface area contributed by atoms with Crippen molar-refractivity contribution in [3.63, 3.8) is 0 Å². The van der Waals surface area contributed by atoms with E-state index in [2.05, 4.69) is 0 Å². The summed E-state index contributed by atoms with van der Waals surface area (Å²) in [5.74, 6) is -0.575. The normalized spacial score (nSPS) is 10.9. The summed E-state index contributed by atoms with van der Waals surface area (Å²) in [6.07, 6.45) is 0. The van der Waals surface area contributed by atoms with Crippen LogP contribution in [0.25, 0.3) is 0 Å². The third kappa shape index (κ3) is 3.27. The second-order valence-corrected chi connectivity index (χ2v) is 6.97. The zero-order valence-electron chi connectivity index (χ0n) is 12.0. The summed E-state index contributed by atoms with van der Waals surface area (Å²) in [6, 6.07) is 18.9. The second kappa shape index (κ2) is 6.75. The summed E-state index contributed by atoms with van der Waals surface area (Å²) < 4.78 is 0. The van der Waals surface area contributed by atoms with E-state index in [1.165, 1.54) is 11.3 Å². The van der Waals surface area contributed by atoms with Gasteiger partial charge in [0.25, 0.3) is 5.91 Å². The molecule has 2 nitrogen and oxygen atoms in total. The monoisotopic (exact) mass is 361 g/mol. The fourth-order valence-electron chi connectivity index (χ4n) is 2.53. The van der Waals surface area contributed by atoms with Gasteiger partial charge in [-0.15, -0.1) is 11.3 Å². The Kier molecular flexibility index (Phi) is 4.71. The van der Waals surface area contributed by atoms with Crippen molar-refractivity contribution in [3.05, 3.63) is 91.6 Å². The van der Waals surface area contributed by atoms with Crippen LogP contribution in [0.5, 0.6) is 0 Å². The first-order valence-corrected chi connectivity index (χ1v) is 8.53. The lowest BCUT2D eigenvalue weighted by Crippen LogP contribution is -2.08. The van der Waals surface area contributed by atoms with E-state index in [1.54, 1.807) is 6.07 Å². The quantitative estimate of drug-likeness (QED) is 0.669. The number of halogens is 2. The molecule has 1 heterocycles. The summed E-state index contributed by atoms with van der Waals surface area (Å²) in [7, 11) is 0.